The zero-order valence-electron chi connectivity index (χ0n) is 19.0. The SMILES string of the molecule is C=CCN(CC=C)c1cc(Cl)nc(SCc2ccc(C(=O)NCCc3ccc(Cl)cc3Cl)cc2)n1. The van der Waals surface area contributed by atoms with E-state index in [2.05, 4.69) is 28.4 Å². The number of nitrogens with zero attached hydrogens (tertiary/aromatic N) is 3. The van der Waals surface area contributed by atoms with Gasteiger partial charge in [0, 0.05) is 47.1 Å². The van der Waals surface area contributed by atoms with Gasteiger partial charge >= 0.3 is 0 Å². The first-order valence-electron chi connectivity index (χ1n) is 10.8. The summed E-state index contributed by atoms with van der Waals surface area (Å²) in [7, 11) is 0. The van der Waals surface area contributed by atoms with E-state index >= 15 is 0 Å². The van der Waals surface area contributed by atoms with Crippen LogP contribution in [-0.4, -0.2) is 35.5 Å². The van der Waals surface area contributed by atoms with Gasteiger partial charge in [0.05, 0.1) is 0 Å². The highest BCUT2D eigenvalue weighted by Gasteiger charge is 2.11. The molecule has 0 aliphatic rings. The van der Waals surface area contributed by atoms with Crippen LogP contribution < -0.4 is 10.2 Å². The highest BCUT2D eigenvalue weighted by molar-refractivity contribution is 7.98. The van der Waals surface area contributed by atoms with Crippen molar-refractivity contribution in [3.63, 3.8) is 0 Å². The Hall–Kier alpha value is -2.51. The Morgan fingerprint density at radius 2 is 1.71 bits per heavy atom. The number of halogens is 3. The number of amides is 1. The molecule has 2 aromatic carbocycles. The zero-order valence-corrected chi connectivity index (χ0v) is 22.1. The summed E-state index contributed by atoms with van der Waals surface area (Å²) in [5, 5.41) is 5.06. The monoisotopic (exact) mass is 546 g/mol. The number of anilines is 1. The summed E-state index contributed by atoms with van der Waals surface area (Å²) in [6.45, 7) is 9.30. The predicted octanol–water partition coefficient (Wildman–Crippen LogP) is 6.88. The Kier molecular flexibility index (Phi) is 10.5. The molecular weight excluding hydrogens is 523 g/mol. The lowest BCUT2D eigenvalue weighted by atomic mass is 10.1. The van der Waals surface area contributed by atoms with Gasteiger partial charge in [-0.1, -0.05) is 76.9 Å². The van der Waals surface area contributed by atoms with Crippen molar-refractivity contribution in [3.05, 3.63) is 106 Å². The number of carbonyl (C=O) groups excluding carboxylic acids is 1. The molecule has 0 radical (unpaired) electrons. The van der Waals surface area contributed by atoms with Crippen molar-refractivity contribution in [2.24, 2.45) is 0 Å². The van der Waals surface area contributed by atoms with Crippen molar-refractivity contribution in [1.82, 2.24) is 15.3 Å². The third-order valence-corrected chi connectivity index (χ3v) is 6.66. The van der Waals surface area contributed by atoms with E-state index in [1.165, 1.54) is 11.8 Å². The van der Waals surface area contributed by atoms with E-state index < -0.39 is 0 Å². The number of carbonyl (C=O) groups is 1. The number of benzene rings is 2. The van der Waals surface area contributed by atoms with Crippen LogP contribution in [0.1, 0.15) is 21.5 Å². The van der Waals surface area contributed by atoms with E-state index in [-0.39, 0.29) is 5.91 Å². The minimum absolute atomic E-state index is 0.137. The molecule has 0 fully saturated rings. The van der Waals surface area contributed by atoms with Crippen LogP contribution in [0.25, 0.3) is 0 Å². The average Bonchev–Trinajstić information content (AvgIpc) is 2.84. The minimum Gasteiger partial charge on any atom is -0.352 e. The average molecular weight is 548 g/mol. The third-order valence-electron chi connectivity index (χ3n) is 4.96. The summed E-state index contributed by atoms with van der Waals surface area (Å²) in [5.41, 5.74) is 2.57. The molecule has 0 unspecified atom stereocenters. The van der Waals surface area contributed by atoms with Crippen molar-refractivity contribution in [2.45, 2.75) is 17.3 Å². The number of hydrogen-bond acceptors (Lipinski definition) is 5. The van der Waals surface area contributed by atoms with Gasteiger partial charge in [0.2, 0.25) is 0 Å². The largest absolute Gasteiger partial charge is 0.352 e. The molecule has 0 aliphatic heterocycles. The second kappa shape index (κ2) is 13.5. The fraction of sp³-hybridized carbons (Fsp3) is 0.192. The molecule has 35 heavy (non-hydrogen) atoms. The zero-order chi connectivity index (χ0) is 25.2. The maximum atomic E-state index is 12.5. The number of rotatable bonds is 12. The van der Waals surface area contributed by atoms with Crippen molar-refractivity contribution in [1.29, 1.82) is 0 Å². The van der Waals surface area contributed by atoms with Gasteiger partial charge < -0.3 is 10.2 Å². The van der Waals surface area contributed by atoms with Gasteiger partial charge in [-0.25, -0.2) is 9.97 Å². The van der Waals surface area contributed by atoms with E-state index in [0.29, 0.717) is 57.7 Å². The number of hydrogen-bond donors (Lipinski definition) is 1. The number of nitrogens with one attached hydrogen (secondary N) is 1. The molecule has 182 valence electrons. The summed E-state index contributed by atoms with van der Waals surface area (Å²) in [6, 6.07) is 14.5. The Morgan fingerprint density at radius 3 is 2.37 bits per heavy atom. The lowest BCUT2D eigenvalue weighted by molar-refractivity contribution is 0.0954. The molecule has 3 rings (SSSR count). The van der Waals surface area contributed by atoms with Crippen LogP contribution in [0.3, 0.4) is 0 Å². The van der Waals surface area contributed by atoms with Crippen LogP contribution in [0.2, 0.25) is 15.2 Å². The fourth-order valence-electron chi connectivity index (χ4n) is 3.22. The molecule has 9 heteroatoms. The molecule has 0 saturated carbocycles. The van der Waals surface area contributed by atoms with Crippen molar-refractivity contribution in [3.8, 4) is 0 Å². The molecule has 0 saturated heterocycles. The van der Waals surface area contributed by atoms with Crippen molar-refractivity contribution < 1.29 is 4.79 Å². The molecular formula is C26H25Cl3N4OS. The van der Waals surface area contributed by atoms with Gasteiger partial charge in [-0.2, -0.15) is 0 Å². The highest BCUT2D eigenvalue weighted by atomic mass is 35.5. The Labute approximate surface area is 225 Å². The van der Waals surface area contributed by atoms with E-state index in [9.17, 15) is 4.79 Å². The molecule has 5 nitrogen and oxygen atoms in total. The quantitative estimate of drug-likeness (QED) is 0.116. The molecule has 1 aromatic heterocycles. The second-order valence-corrected chi connectivity index (χ2v) is 9.71. The molecule has 3 aromatic rings. The van der Waals surface area contributed by atoms with Crippen LogP contribution in [0.5, 0.6) is 0 Å². The summed E-state index contributed by atoms with van der Waals surface area (Å²) in [6.07, 6.45) is 4.23. The van der Waals surface area contributed by atoms with Crippen molar-refractivity contribution >= 4 is 58.3 Å². The first-order valence-corrected chi connectivity index (χ1v) is 13.0. The summed E-state index contributed by atoms with van der Waals surface area (Å²) < 4.78 is 0. The van der Waals surface area contributed by atoms with Crippen molar-refractivity contribution in [2.75, 3.05) is 24.5 Å². The Bertz CT molecular complexity index is 1180. The van der Waals surface area contributed by atoms with Gasteiger partial charge in [0.25, 0.3) is 5.91 Å². The smallest absolute Gasteiger partial charge is 0.251 e. The lowest BCUT2D eigenvalue weighted by Crippen LogP contribution is -2.25. The highest BCUT2D eigenvalue weighted by Crippen LogP contribution is 2.25. The van der Waals surface area contributed by atoms with Crippen LogP contribution in [-0.2, 0) is 12.2 Å². The molecule has 0 bridgehead atoms. The molecule has 0 atom stereocenters. The standard InChI is InChI=1S/C26H25Cl3N4OS/c1-3-13-33(14-4-2)24-16-23(29)31-26(32-24)35-17-18-5-7-20(8-6-18)25(34)30-12-11-19-9-10-21(27)15-22(19)28/h3-10,15-16H,1-2,11-14,17H2,(H,30,34). The molecule has 1 heterocycles. The van der Waals surface area contributed by atoms with Crippen LogP contribution in [0.4, 0.5) is 5.82 Å². The van der Waals surface area contributed by atoms with Crippen LogP contribution in [0, 0.1) is 0 Å². The van der Waals surface area contributed by atoms with Gasteiger partial charge in [0.15, 0.2) is 5.16 Å². The van der Waals surface area contributed by atoms with Crippen LogP contribution >= 0.6 is 46.6 Å². The van der Waals surface area contributed by atoms with Gasteiger partial charge in [-0.3, -0.25) is 4.79 Å². The summed E-state index contributed by atoms with van der Waals surface area (Å²) >= 11 is 19.8. The van der Waals surface area contributed by atoms with E-state index in [1.54, 1.807) is 42.5 Å². The minimum atomic E-state index is -0.137. The first-order chi connectivity index (χ1) is 16.9. The van der Waals surface area contributed by atoms with Gasteiger partial charge in [-0.05, 0) is 41.8 Å². The molecule has 0 aliphatic carbocycles. The second-order valence-electron chi connectivity index (χ2n) is 7.54. The van der Waals surface area contributed by atoms with Crippen LogP contribution in [0.15, 0.2) is 79.0 Å². The lowest BCUT2D eigenvalue weighted by Gasteiger charge is -2.20. The third kappa shape index (κ3) is 8.29. The number of aromatic nitrogens is 2. The normalized spacial score (nSPS) is 10.6. The summed E-state index contributed by atoms with van der Waals surface area (Å²) in [5.74, 6) is 1.22. The fourth-order valence-corrected chi connectivity index (χ4v) is 4.76. The predicted molar refractivity (Wildman–Crippen MR) is 148 cm³/mol. The summed E-state index contributed by atoms with van der Waals surface area (Å²) in [4.78, 5) is 23.4. The van der Waals surface area contributed by atoms with E-state index in [0.717, 1.165) is 16.9 Å². The number of thioether (sulfide) groups is 1. The molecule has 1 amide bonds. The van der Waals surface area contributed by atoms with Gasteiger partial charge in [-0.15, -0.1) is 13.2 Å². The molecule has 1 N–H and O–H groups in total. The molecule has 0 spiro atoms. The van der Waals surface area contributed by atoms with E-state index in [4.69, 9.17) is 34.8 Å². The van der Waals surface area contributed by atoms with E-state index in [1.807, 2.05) is 23.1 Å². The Morgan fingerprint density at radius 1 is 1.00 bits per heavy atom. The topological polar surface area (TPSA) is 58.1 Å². The first kappa shape index (κ1) is 27.1. The maximum absolute atomic E-state index is 12.5. The van der Waals surface area contributed by atoms with Gasteiger partial charge in [0.1, 0.15) is 11.0 Å². The Balaban J connectivity index is 1.55. The maximum Gasteiger partial charge on any atom is 0.251 e.